The fourth-order valence-electron chi connectivity index (χ4n) is 23.8. The van der Waals surface area contributed by atoms with E-state index in [-0.39, 0.29) is 120 Å². The van der Waals surface area contributed by atoms with Gasteiger partial charge in [-0.2, -0.15) is 0 Å². The van der Waals surface area contributed by atoms with Crippen LogP contribution in [0.4, 0.5) is 0 Å². The summed E-state index contributed by atoms with van der Waals surface area (Å²) in [5.74, 6) is -8.05. The number of carboxylic acid groups (broad SMARTS) is 1. The predicted molar refractivity (Wildman–Crippen MR) is 368 cm³/mol. The van der Waals surface area contributed by atoms with Gasteiger partial charge in [0.05, 0.1) is 54.6 Å². The smallest absolute Gasteiger partial charge is 0.317 e. The number of carbonyl (C=O) groups is 7. The van der Waals surface area contributed by atoms with Crippen LogP contribution in [-0.2, 0) is 61.7 Å². The first-order valence-corrected chi connectivity index (χ1v) is 48.8. The second kappa shape index (κ2) is 28.1. The summed E-state index contributed by atoms with van der Waals surface area (Å²) in [4.78, 5) is 102. The highest BCUT2D eigenvalue weighted by atomic mass is 28.4. The van der Waals surface area contributed by atoms with Crippen molar-refractivity contribution < 1.29 is 71.9 Å². The number of hydrogen-bond donors (Lipinski definition) is 2. The minimum Gasteiger partial charge on any atom is -0.481 e. The molecule has 8 bridgehead atoms. The molecule has 10 aliphatic rings. The number of cyclic esters (lactones) is 2. The highest BCUT2D eigenvalue weighted by Crippen LogP contribution is 2.71. The Morgan fingerprint density at radius 2 is 1.25 bits per heavy atom. The van der Waals surface area contributed by atoms with Crippen LogP contribution in [0.5, 0.6) is 0 Å². The summed E-state index contributed by atoms with van der Waals surface area (Å²) in [7, 11) is -4.51. The Bertz CT molecular complexity index is 2720. The molecule has 10 fully saturated rings. The number of carboxylic acids is 1. The first kappa shape index (κ1) is 73.0. The van der Waals surface area contributed by atoms with E-state index >= 15 is 14.4 Å². The van der Waals surface area contributed by atoms with Gasteiger partial charge in [0.15, 0.2) is 8.32 Å². The minimum absolute atomic E-state index is 0.0132. The number of rotatable bonds is 26. The molecule has 0 amide bonds. The largest absolute Gasteiger partial charge is 0.481 e. The van der Waals surface area contributed by atoms with E-state index in [1.807, 2.05) is 76.2 Å². The lowest BCUT2D eigenvalue weighted by Crippen LogP contribution is -2.51. The number of aliphatic carboxylic acids is 1. The summed E-state index contributed by atoms with van der Waals surface area (Å²) in [6.45, 7) is 36.6. The molecule has 0 aromatic carbocycles. The molecular formula is C74H124O15Si4. The van der Waals surface area contributed by atoms with Crippen molar-refractivity contribution in [3.63, 3.8) is 0 Å². The summed E-state index contributed by atoms with van der Waals surface area (Å²) >= 11 is 0. The third kappa shape index (κ3) is 14.8. The Morgan fingerprint density at radius 3 is 1.82 bits per heavy atom. The van der Waals surface area contributed by atoms with Gasteiger partial charge in [-0.1, -0.05) is 72.5 Å². The predicted octanol–water partition coefficient (Wildman–Crippen LogP) is 12.9. The molecule has 0 radical (unpaired) electrons. The number of fused-ring (bicyclic) bond motifs is 8. The molecule has 2 saturated heterocycles. The molecule has 15 nitrogen and oxygen atoms in total. The lowest BCUT2D eigenvalue weighted by Gasteiger charge is -2.49. The van der Waals surface area contributed by atoms with E-state index in [9.17, 15) is 29.4 Å². The van der Waals surface area contributed by atoms with Crippen LogP contribution in [0.15, 0.2) is 0 Å². The average Bonchev–Trinajstić information content (AvgIpc) is 1.54. The van der Waals surface area contributed by atoms with Crippen LogP contribution in [0.2, 0.25) is 48.9 Å². The van der Waals surface area contributed by atoms with Crippen molar-refractivity contribution in [2.24, 2.45) is 147 Å². The van der Waals surface area contributed by atoms with Crippen molar-refractivity contribution in [2.75, 3.05) is 19.8 Å². The van der Waals surface area contributed by atoms with Crippen molar-refractivity contribution in [3.8, 4) is 0 Å². The molecule has 0 aromatic rings. The van der Waals surface area contributed by atoms with E-state index in [2.05, 4.69) is 40.0 Å². The Balaban J connectivity index is 0.999. The minimum atomic E-state index is -2.01. The fraction of sp³-hybridized carbons (Fsp3) is 0.905. The molecular weight excluding hydrogens is 1240 g/mol. The average molecular weight is 1370 g/mol. The van der Waals surface area contributed by atoms with E-state index in [1.165, 1.54) is 29.1 Å². The normalized spacial score (nSPS) is 41.8. The van der Waals surface area contributed by atoms with Crippen molar-refractivity contribution in [1.82, 2.24) is 0 Å². The second-order valence-electron chi connectivity index (χ2n) is 36.3. The highest BCUT2D eigenvalue weighted by molar-refractivity contribution is 6.98. The van der Waals surface area contributed by atoms with Crippen molar-refractivity contribution >= 4 is 76.5 Å². The summed E-state index contributed by atoms with van der Waals surface area (Å²) in [5, 5.41) is 21.5. The van der Waals surface area contributed by atoms with E-state index in [0.717, 1.165) is 32.3 Å². The molecule has 2 aliphatic heterocycles. The van der Waals surface area contributed by atoms with Crippen molar-refractivity contribution in [2.45, 2.75) is 252 Å². The maximum Gasteiger partial charge on any atom is 0.317 e. The standard InChI is InChI=1S/C74H124O15Si4/c1-18-40(4)65(78)88-72(10,11)25-26-73(12,13)89-66(79)49(55-41(5)43-21-22-44(55)27-43)24-23-48-51-29-45(28-47(51)33-85-93(17)38-91(15)36-90(14)37-92(16)39-93)57(48)62-63(70(83)86-69(62)82)59-52-30-46(31-53(52)67(80)87-71(7,8)9)58(59)56-42(6)50-32-54(56)61(60(50)64(76)77)68(81)84-35-74(19-2,20-3)34-75/h40-63,75,90-92H,18-39H2,1-17H3,(H,76,77). The maximum absolute atomic E-state index is 15.5. The molecule has 2 heterocycles. The first-order chi connectivity index (χ1) is 43.6. The number of aliphatic hydroxyl groups is 1. The number of carbonyl (C=O) groups excluding carboxylic acids is 6. The summed E-state index contributed by atoms with van der Waals surface area (Å²) in [5.41, 5.74) is 2.72. The van der Waals surface area contributed by atoms with Gasteiger partial charge in [-0.25, -0.2) is 0 Å². The third-order valence-corrected chi connectivity index (χ3v) is 54.3. The lowest BCUT2D eigenvalue weighted by molar-refractivity contribution is -0.171. The molecule has 526 valence electrons. The zero-order valence-electron chi connectivity index (χ0n) is 60.3. The molecule has 0 aromatic heterocycles. The van der Waals surface area contributed by atoms with Gasteiger partial charge in [0, 0.05) is 38.4 Å². The van der Waals surface area contributed by atoms with Crippen LogP contribution < -0.4 is 0 Å². The Labute approximate surface area is 564 Å². The number of esters is 6. The fourth-order valence-corrected chi connectivity index (χ4v) is 57.1. The molecule has 26 unspecified atom stereocenters. The third-order valence-electron chi connectivity index (χ3n) is 28.1. The summed E-state index contributed by atoms with van der Waals surface area (Å²) < 4.78 is 38.9. The Hall–Kier alpha value is -2.72. The van der Waals surface area contributed by atoms with Gasteiger partial charge in [-0.3, -0.25) is 33.6 Å². The van der Waals surface area contributed by atoms with E-state index in [1.54, 1.807) is 0 Å². The molecule has 10 rings (SSSR count). The number of aliphatic hydroxyl groups excluding tert-OH is 1. The van der Waals surface area contributed by atoms with Gasteiger partial charge in [-0.05, 0) is 263 Å². The van der Waals surface area contributed by atoms with Crippen LogP contribution in [-0.4, -0.2) is 123 Å². The maximum atomic E-state index is 15.5. The van der Waals surface area contributed by atoms with Crippen LogP contribution in [0.25, 0.3) is 0 Å². The Kier molecular flexibility index (Phi) is 22.1. The van der Waals surface area contributed by atoms with Gasteiger partial charge in [-0.15, -0.1) is 0 Å². The quantitative estimate of drug-likeness (QED) is 0.0356. The van der Waals surface area contributed by atoms with Gasteiger partial charge in [0.25, 0.3) is 0 Å². The van der Waals surface area contributed by atoms with Crippen molar-refractivity contribution in [1.29, 1.82) is 0 Å². The zero-order valence-corrected chi connectivity index (χ0v) is 64.8. The van der Waals surface area contributed by atoms with E-state index in [4.69, 9.17) is 28.1 Å². The monoisotopic (exact) mass is 1360 g/mol. The SMILES string of the molecule is CCC(C)C(=O)OC(C)(C)CCC(C)(C)OC(=O)C(CCC1C2CC(CC2CO[Si]2(C)C[SiH](C)C[SiH](C)C[SiH](C)C2)C1C1C(=O)OC(=O)C1C1C2CC(CC2C(=O)OC(C)(C)C)C1C1C(C)C2CC1C(C(=O)OCC(CC)(CC)CO)C2C(=O)O)C1C2CCC(C2)C1C. The molecule has 19 heteroatoms. The molecule has 26 atom stereocenters. The summed E-state index contributed by atoms with van der Waals surface area (Å²) in [6.07, 6.45) is 11.1. The van der Waals surface area contributed by atoms with Gasteiger partial charge >= 0.3 is 41.8 Å². The van der Waals surface area contributed by atoms with E-state index in [0.29, 0.717) is 82.0 Å². The Morgan fingerprint density at radius 1 is 0.656 bits per heavy atom. The second-order valence-corrected chi connectivity index (χ2v) is 53.2. The molecule has 8 saturated carbocycles. The molecule has 8 aliphatic carbocycles. The highest BCUT2D eigenvalue weighted by Gasteiger charge is 2.72. The van der Waals surface area contributed by atoms with Crippen LogP contribution in [0, 0.1) is 147 Å². The van der Waals surface area contributed by atoms with Crippen molar-refractivity contribution in [3.05, 3.63) is 0 Å². The topological polar surface area (TPSA) is 215 Å². The van der Waals surface area contributed by atoms with Gasteiger partial charge < -0.3 is 38.3 Å². The van der Waals surface area contributed by atoms with Crippen LogP contribution >= 0.6 is 0 Å². The molecule has 2 N–H and O–H groups in total. The van der Waals surface area contributed by atoms with Gasteiger partial charge in [0.1, 0.15) is 16.8 Å². The van der Waals surface area contributed by atoms with E-state index < -0.39 is 116 Å². The number of ether oxygens (including phenoxy) is 5. The van der Waals surface area contributed by atoms with Crippen LogP contribution in [0.3, 0.4) is 0 Å². The summed E-state index contributed by atoms with van der Waals surface area (Å²) in [6, 6.07) is 0. The first-order valence-electron chi connectivity index (χ1n) is 37.7. The molecule has 93 heavy (non-hydrogen) atoms. The number of hydrogen-bond acceptors (Lipinski definition) is 14. The molecule has 0 spiro atoms. The van der Waals surface area contributed by atoms with Crippen LogP contribution in [0.1, 0.15) is 186 Å². The lowest BCUT2D eigenvalue weighted by atomic mass is 9.54. The zero-order chi connectivity index (χ0) is 67.9. The van der Waals surface area contributed by atoms with Gasteiger partial charge in [0.2, 0.25) is 0 Å².